The Morgan fingerprint density at radius 1 is 1.14 bits per heavy atom. The quantitative estimate of drug-likeness (QED) is 0.455. The second-order valence-corrected chi connectivity index (χ2v) is 10.3. The van der Waals surface area contributed by atoms with Gasteiger partial charge in [-0.3, -0.25) is 13.9 Å². The van der Waals surface area contributed by atoms with E-state index < -0.39 is 34.3 Å². The number of anilines is 1. The number of methoxy groups -OCH3 is 1. The molecule has 0 spiro atoms. The maximum atomic E-state index is 13.6. The van der Waals surface area contributed by atoms with Gasteiger partial charge in [-0.2, -0.15) is 0 Å². The third kappa shape index (κ3) is 7.83. The number of hydrogen-bond donors (Lipinski definition) is 1. The first-order valence-corrected chi connectivity index (χ1v) is 13.4. The van der Waals surface area contributed by atoms with Crippen LogP contribution in [0.25, 0.3) is 0 Å². The molecule has 1 atom stereocenters. The van der Waals surface area contributed by atoms with E-state index in [4.69, 9.17) is 16.3 Å². The molecule has 0 radical (unpaired) electrons. The molecule has 0 saturated heterocycles. The van der Waals surface area contributed by atoms with E-state index in [1.54, 1.807) is 6.92 Å². The number of rotatable bonds is 12. The molecule has 0 saturated carbocycles. The number of nitrogens with zero attached hydrogens (tertiary/aromatic N) is 2. The van der Waals surface area contributed by atoms with Crippen LogP contribution in [-0.4, -0.2) is 57.6 Å². The van der Waals surface area contributed by atoms with Gasteiger partial charge in [0.25, 0.3) is 0 Å². The number of amides is 2. The summed E-state index contributed by atoms with van der Waals surface area (Å²) < 4.78 is 45.0. The van der Waals surface area contributed by atoms with Crippen LogP contribution in [-0.2, 0) is 26.2 Å². The number of ether oxygens (including phenoxy) is 1. The minimum absolute atomic E-state index is 0.0125. The van der Waals surface area contributed by atoms with Gasteiger partial charge in [-0.15, -0.1) is 0 Å². The second-order valence-electron chi connectivity index (χ2n) is 7.95. The van der Waals surface area contributed by atoms with Crippen molar-refractivity contribution in [3.63, 3.8) is 0 Å². The predicted molar refractivity (Wildman–Crippen MR) is 135 cm³/mol. The molecule has 2 rings (SSSR count). The summed E-state index contributed by atoms with van der Waals surface area (Å²) in [6, 6.07) is 9.13. The molecule has 192 valence electrons. The third-order valence-corrected chi connectivity index (χ3v) is 6.65. The van der Waals surface area contributed by atoms with Crippen molar-refractivity contribution in [2.45, 2.75) is 39.3 Å². The fourth-order valence-electron chi connectivity index (χ4n) is 3.52. The number of nitrogens with one attached hydrogen (secondary N) is 1. The molecule has 0 aromatic heterocycles. The molecule has 0 aliphatic heterocycles. The first-order chi connectivity index (χ1) is 16.5. The van der Waals surface area contributed by atoms with E-state index in [-0.39, 0.29) is 28.9 Å². The largest absolute Gasteiger partial charge is 0.495 e. The van der Waals surface area contributed by atoms with Crippen LogP contribution in [0.4, 0.5) is 10.1 Å². The van der Waals surface area contributed by atoms with Crippen molar-refractivity contribution in [2.75, 3.05) is 30.8 Å². The highest BCUT2D eigenvalue weighted by atomic mass is 35.5. The second kappa shape index (κ2) is 12.7. The van der Waals surface area contributed by atoms with E-state index in [9.17, 15) is 22.4 Å². The molecule has 11 heteroatoms. The lowest BCUT2D eigenvalue weighted by molar-refractivity contribution is -0.140. The lowest BCUT2D eigenvalue weighted by atomic mass is 10.1. The summed E-state index contributed by atoms with van der Waals surface area (Å²) >= 11 is 6.09. The van der Waals surface area contributed by atoms with Crippen molar-refractivity contribution in [2.24, 2.45) is 0 Å². The SMILES string of the molecule is CCCNC(=O)[C@@H](CC)N(Cc1ccc(F)cc1)C(=O)CN(c1cc(Cl)ccc1OC)S(C)(=O)=O. The highest BCUT2D eigenvalue weighted by molar-refractivity contribution is 7.92. The lowest BCUT2D eigenvalue weighted by Gasteiger charge is -2.33. The Kier molecular flexibility index (Phi) is 10.3. The Bertz CT molecular complexity index is 1130. The van der Waals surface area contributed by atoms with Gasteiger partial charge < -0.3 is 15.0 Å². The number of carbonyl (C=O) groups is 2. The van der Waals surface area contributed by atoms with E-state index in [1.807, 2.05) is 6.92 Å². The number of halogens is 2. The van der Waals surface area contributed by atoms with Crippen LogP contribution in [0.2, 0.25) is 5.02 Å². The standard InChI is InChI=1S/C24H31ClFN3O5S/c1-5-13-27-24(31)20(6-2)28(15-17-7-10-19(26)11-8-17)23(30)16-29(35(4,32)33)21-14-18(25)9-12-22(21)34-3/h7-12,14,20H,5-6,13,15-16H2,1-4H3,(H,27,31)/t20-/m1/s1. The summed E-state index contributed by atoms with van der Waals surface area (Å²) in [6.45, 7) is 3.50. The zero-order valence-electron chi connectivity index (χ0n) is 20.3. The van der Waals surface area contributed by atoms with Gasteiger partial charge >= 0.3 is 0 Å². The van der Waals surface area contributed by atoms with Crippen LogP contribution in [0, 0.1) is 5.82 Å². The summed E-state index contributed by atoms with van der Waals surface area (Å²) in [5.74, 6) is -1.18. The number of hydrogen-bond acceptors (Lipinski definition) is 5. The molecule has 0 fully saturated rings. The molecule has 0 aliphatic rings. The molecule has 2 aromatic carbocycles. The van der Waals surface area contributed by atoms with E-state index >= 15 is 0 Å². The van der Waals surface area contributed by atoms with Crippen LogP contribution in [0.1, 0.15) is 32.3 Å². The van der Waals surface area contributed by atoms with Gasteiger partial charge in [0.05, 0.1) is 19.1 Å². The van der Waals surface area contributed by atoms with Gasteiger partial charge in [0, 0.05) is 18.1 Å². The number of sulfonamides is 1. The van der Waals surface area contributed by atoms with Crippen LogP contribution in [0.5, 0.6) is 5.75 Å². The predicted octanol–water partition coefficient (Wildman–Crippen LogP) is 3.59. The maximum absolute atomic E-state index is 13.6. The Morgan fingerprint density at radius 2 is 1.80 bits per heavy atom. The molecule has 8 nitrogen and oxygen atoms in total. The van der Waals surface area contributed by atoms with E-state index in [2.05, 4.69) is 5.32 Å². The Morgan fingerprint density at radius 3 is 2.34 bits per heavy atom. The van der Waals surface area contributed by atoms with E-state index in [0.29, 0.717) is 24.9 Å². The van der Waals surface area contributed by atoms with Crippen molar-refractivity contribution >= 4 is 39.1 Å². The van der Waals surface area contributed by atoms with Crippen LogP contribution >= 0.6 is 11.6 Å². The highest BCUT2D eigenvalue weighted by Gasteiger charge is 2.32. The molecular weight excluding hydrogens is 497 g/mol. The first kappa shape index (κ1) is 28.4. The summed E-state index contributed by atoms with van der Waals surface area (Å²) in [7, 11) is -2.57. The normalized spacial score (nSPS) is 12.1. The molecule has 2 amide bonds. The van der Waals surface area contributed by atoms with Crippen molar-refractivity contribution < 1.29 is 27.1 Å². The van der Waals surface area contributed by atoms with Gasteiger partial charge in [-0.25, -0.2) is 12.8 Å². The number of carbonyl (C=O) groups excluding carboxylic acids is 2. The van der Waals surface area contributed by atoms with Crippen molar-refractivity contribution in [1.29, 1.82) is 0 Å². The first-order valence-electron chi connectivity index (χ1n) is 11.1. The summed E-state index contributed by atoms with van der Waals surface area (Å²) in [5.41, 5.74) is 0.689. The van der Waals surface area contributed by atoms with Gasteiger partial charge in [0.2, 0.25) is 21.8 Å². The highest BCUT2D eigenvalue weighted by Crippen LogP contribution is 2.33. The molecule has 1 N–H and O–H groups in total. The molecule has 0 unspecified atom stereocenters. The number of benzene rings is 2. The van der Waals surface area contributed by atoms with E-state index in [1.165, 1.54) is 54.5 Å². The van der Waals surface area contributed by atoms with Gasteiger partial charge in [-0.1, -0.05) is 37.6 Å². The Labute approximate surface area is 211 Å². The molecular formula is C24H31ClFN3O5S. The summed E-state index contributed by atoms with van der Waals surface area (Å²) in [4.78, 5) is 27.8. The lowest BCUT2D eigenvalue weighted by Crippen LogP contribution is -2.52. The third-order valence-electron chi connectivity index (χ3n) is 5.29. The zero-order valence-corrected chi connectivity index (χ0v) is 21.8. The van der Waals surface area contributed by atoms with E-state index in [0.717, 1.165) is 10.6 Å². The average Bonchev–Trinajstić information content (AvgIpc) is 2.81. The van der Waals surface area contributed by atoms with Gasteiger partial charge in [0.1, 0.15) is 24.2 Å². The van der Waals surface area contributed by atoms with Gasteiger partial charge in [-0.05, 0) is 48.7 Å². The fraction of sp³-hybridized carbons (Fsp3) is 0.417. The van der Waals surface area contributed by atoms with Crippen LogP contribution in [0.3, 0.4) is 0 Å². The minimum atomic E-state index is -3.94. The van der Waals surface area contributed by atoms with Crippen molar-refractivity contribution in [3.05, 3.63) is 58.9 Å². The molecule has 0 aliphatic carbocycles. The fourth-order valence-corrected chi connectivity index (χ4v) is 4.54. The van der Waals surface area contributed by atoms with Crippen molar-refractivity contribution in [3.8, 4) is 5.75 Å². The van der Waals surface area contributed by atoms with Crippen LogP contribution in [0.15, 0.2) is 42.5 Å². The maximum Gasteiger partial charge on any atom is 0.244 e. The zero-order chi connectivity index (χ0) is 26.2. The monoisotopic (exact) mass is 527 g/mol. The average molecular weight is 528 g/mol. The van der Waals surface area contributed by atoms with Crippen molar-refractivity contribution in [1.82, 2.24) is 10.2 Å². The Balaban J connectivity index is 2.48. The molecule has 0 heterocycles. The molecule has 2 aromatic rings. The topological polar surface area (TPSA) is 96.0 Å². The van der Waals surface area contributed by atoms with Crippen LogP contribution < -0.4 is 14.4 Å². The Hall–Kier alpha value is -2.85. The smallest absolute Gasteiger partial charge is 0.244 e. The molecule has 35 heavy (non-hydrogen) atoms. The summed E-state index contributed by atoms with van der Waals surface area (Å²) in [6.07, 6.45) is 1.97. The minimum Gasteiger partial charge on any atom is -0.495 e. The molecule has 0 bridgehead atoms. The summed E-state index contributed by atoms with van der Waals surface area (Å²) in [5, 5.41) is 3.05. The van der Waals surface area contributed by atoms with Gasteiger partial charge in [0.15, 0.2) is 0 Å².